The van der Waals surface area contributed by atoms with Crippen molar-refractivity contribution in [3.63, 3.8) is 0 Å². The molecule has 0 fully saturated rings. The number of aliphatic imine (C=N–C) groups is 1. The van der Waals surface area contributed by atoms with Crippen LogP contribution >= 0.6 is 0 Å². The number of nitrogens with zero attached hydrogens (tertiary/aromatic N) is 1. The third-order valence-corrected chi connectivity index (χ3v) is 0.766. The highest BCUT2D eigenvalue weighted by Gasteiger charge is 2.08. The maximum atomic E-state index is 12.0. The van der Waals surface area contributed by atoms with Gasteiger partial charge in [0.05, 0.1) is 12.5 Å². The van der Waals surface area contributed by atoms with Crippen LogP contribution in [0.5, 0.6) is 0 Å². The van der Waals surface area contributed by atoms with Crippen molar-refractivity contribution in [2.24, 2.45) is 4.99 Å². The lowest BCUT2D eigenvalue weighted by Gasteiger charge is -2.08. The number of rotatable bonds is 0. The Balaban J connectivity index is 2.66. The molecule has 1 aliphatic rings. The second-order valence-corrected chi connectivity index (χ2v) is 1.36. The highest BCUT2D eigenvalue weighted by atomic mass is 19.1. The van der Waals surface area contributed by atoms with Crippen molar-refractivity contribution in [1.29, 1.82) is 0 Å². The molecular formula is C4H5FN2O. The smallest absolute Gasteiger partial charge is 0.180 e. The second kappa shape index (κ2) is 1.92. The van der Waals surface area contributed by atoms with Crippen molar-refractivity contribution in [3.05, 3.63) is 12.0 Å². The van der Waals surface area contributed by atoms with Gasteiger partial charge in [-0.3, -0.25) is 0 Å². The molecule has 8 heavy (non-hydrogen) atoms. The van der Waals surface area contributed by atoms with Crippen LogP contribution in [0.4, 0.5) is 4.39 Å². The fraction of sp³-hybridized carbons (Fsp3) is 0.250. The summed E-state index contributed by atoms with van der Waals surface area (Å²) in [6.45, 7) is 0. The van der Waals surface area contributed by atoms with E-state index >= 15 is 0 Å². The average molecular weight is 116 g/mol. The van der Waals surface area contributed by atoms with Crippen molar-refractivity contribution in [2.75, 3.05) is 0 Å². The Kier molecular flexibility index (Phi) is 1.26. The van der Waals surface area contributed by atoms with Gasteiger partial charge < -0.3 is 10.4 Å². The molecule has 1 unspecified atom stereocenters. The molecule has 1 heterocycles. The SMILES string of the molecule is OC1NC=NC=C1F. The predicted octanol–water partition coefficient (Wildman–Crippen LogP) is -0.253. The minimum atomic E-state index is -1.20. The third kappa shape index (κ3) is 0.840. The number of halogens is 1. The Morgan fingerprint density at radius 3 is 3.00 bits per heavy atom. The maximum Gasteiger partial charge on any atom is 0.180 e. The first-order valence-electron chi connectivity index (χ1n) is 2.12. The molecule has 0 aromatic carbocycles. The molecule has 1 aliphatic heterocycles. The number of aliphatic hydroxyl groups is 1. The molecule has 0 saturated carbocycles. The van der Waals surface area contributed by atoms with Crippen molar-refractivity contribution in [3.8, 4) is 0 Å². The van der Waals surface area contributed by atoms with Crippen LogP contribution in [0.15, 0.2) is 17.0 Å². The topological polar surface area (TPSA) is 44.6 Å². The van der Waals surface area contributed by atoms with Crippen LogP contribution in [0.2, 0.25) is 0 Å². The van der Waals surface area contributed by atoms with Crippen LogP contribution < -0.4 is 5.32 Å². The van der Waals surface area contributed by atoms with E-state index in [4.69, 9.17) is 5.11 Å². The van der Waals surface area contributed by atoms with Gasteiger partial charge >= 0.3 is 0 Å². The van der Waals surface area contributed by atoms with E-state index in [1.54, 1.807) is 0 Å². The van der Waals surface area contributed by atoms with Gasteiger partial charge in [0.15, 0.2) is 12.1 Å². The summed E-state index contributed by atoms with van der Waals surface area (Å²) in [5.41, 5.74) is 0. The first-order chi connectivity index (χ1) is 3.80. The zero-order valence-corrected chi connectivity index (χ0v) is 4.00. The summed E-state index contributed by atoms with van der Waals surface area (Å²) < 4.78 is 12.0. The van der Waals surface area contributed by atoms with Gasteiger partial charge in [-0.05, 0) is 0 Å². The molecule has 3 nitrogen and oxygen atoms in total. The van der Waals surface area contributed by atoms with Gasteiger partial charge in [0.25, 0.3) is 0 Å². The molecule has 0 spiro atoms. The Labute approximate surface area is 45.5 Å². The lowest BCUT2D eigenvalue weighted by molar-refractivity contribution is 0.167. The summed E-state index contributed by atoms with van der Waals surface area (Å²) in [4.78, 5) is 3.38. The first kappa shape index (κ1) is 5.24. The van der Waals surface area contributed by atoms with E-state index in [9.17, 15) is 4.39 Å². The zero-order chi connectivity index (χ0) is 5.98. The van der Waals surface area contributed by atoms with Gasteiger partial charge in [-0.2, -0.15) is 0 Å². The molecule has 1 atom stereocenters. The normalized spacial score (nSPS) is 26.8. The van der Waals surface area contributed by atoms with Crippen LogP contribution in [-0.2, 0) is 0 Å². The molecule has 1 rings (SSSR count). The fourth-order valence-corrected chi connectivity index (χ4v) is 0.372. The highest BCUT2D eigenvalue weighted by Crippen LogP contribution is 2.02. The van der Waals surface area contributed by atoms with E-state index in [1.165, 1.54) is 6.34 Å². The molecule has 0 radical (unpaired) electrons. The molecule has 0 amide bonds. The van der Waals surface area contributed by atoms with Crippen LogP contribution in [0.1, 0.15) is 0 Å². The van der Waals surface area contributed by atoms with E-state index in [0.29, 0.717) is 0 Å². The third-order valence-electron chi connectivity index (χ3n) is 0.766. The van der Waals surface area contributed by atoms with E-state index in [1.807, 2.05) is 0 Å². The van der Waals surface area contributed by atoms with Gasteiger partial charge in [-0.15, -0.1) is 0 Å². The number of aliphatic hydroxyl groups excluding tert-OH is 1. The maximum absolute atomic E-state index is 12.0. The minimum Gasteiger partial charge on any atom is -0.367 e. The van der Waals surface area contributed by atoms with Crippen molar-refractivity contribution in [2.45, 2.75) is 6.23 Å². The quantitative estimate of drug-likeness (QED) is 0.458. The van der Waals surface area contributed by atoms with Gasteiger partial charge in [0.2, 0.25) is 0 Å². The number of hydrogen-bond donors (Lipinski definition) is 2. The molecular weight excluding hydrogens is 111 g/mol. The monoisotopic (exact) mass is 116 g/mol. The van der Waals surface area contributed by atoms with Crippen molar-refractivity contribution >= 4 is 6.34 Å². The molecule has 0 aliphatic carbocycles. The lowest BCUT2D eigenvalue weighted by atomic mass is 10.5. The standard InChI is InChI=1S/C4H5FN2O/c5-3-1-6-2-7-4(3)8/h1-2,4,8H,(H,6,7). The summed E-state index contributed by atoms with van der Waals surface area (Å²) in [6.07, 6.45) is 0.988. The molecule has 2 N–H and O–H groups in total. The van der Waals surface area contributed by atoms with Gasteiger partial charge in [0.1, 0.15) is 0 Å². The van der Waals surface area contributed by atoms with Gasteiger partial charge in [0, 0.05) is 0 Å². The highest BCUT2D eigenvalue weighted by molar-refractivity contribution is 5.57. The Bertz CT molecular complexity index is 143. The minimum absolute atomic E-state index is 0.660. The molecule has 0 bridgehead atoms. The summed E-state index contributed by atoms with van der Waals surface area (Å²) in [5.74, 6) is -0.660. The Morgan fingerprint density at radius 1 is 1.88 bits per heavy atom. The number of nitrogens with one attached hydrogen (secondary N) is 1. The largest absolute Gasteiger partial charge is 0.367 e. The molecule has 0 aromatic rings. The summed E-state index contributed by atoms with van der Waals surface area (Å²) in [7, 11) is 0. The average Bonchev–Trinajstić information content (AvgIpc) is 1.77. The molecule has 0 saturated heterocycles. The predicted molar refractivity (Wildman–Crippen MR) is 26.8 cm³/mol. The van der Waals surface area contributed by atoms with Gasteiger partial charge in [-0.1, -0.05) is 0 Å². The first-order valence-corrected chi connectivity index (χ1v) is 2.12. The summed E-state index contributed by atoms with van der Waals surface area (Å²) in [6, 6.07) is 0. The van der Waals surface area contributed by atoms with Crippen LogP contribution in [0, 0.1) is 0 Å². The molecule has 44 valence electrons. The fourth-order valence-electron chi connectivity index (χ4n) is 0.372. The van der Waals surface area contributed by atoms with E-state index in [-0.39, 0.29) is 0 Å². The second-order valence-electron chi connectivity index (χ2n) is 1.36. The Hall–Kier alpha value is -0.900. The van der Waals surface area contributed by atoms with Gasteiger partial charge in [-0.25, -0.2) is 9.38 Å². The van der Waals surface area contributed by atoms with Crippen molar-refractivity contribution in [1.82, 2.24) is 5.32 Å². The Morgan fingerprint density at radius 2 is 2.62 bits per heavy atom. The zero-order valence-electron chi connectivity index (χ0n) is 4.00. The molecule has 4 heteroatoms. The summed E-state index contributed by atoms with van der Waals surface area (Å²) >= 11 is 0. The molecule has 0 aromatic heterocycles. The lowest BCUT2D eigenvalue weighted by Crippen LogP contribution is -2.29. The van der Waals surface area contributed by atoms with Crippen LogP contribution in [0.3, 0.4) is 0 Å². The number of hydrogen-bond acceptors (Lipinski definition) is 3. The van der Waals surface area contributed by atoms with E-state index in [2.05, 4.69) is 10.3 Å². The van der Waals surface area contributed by atoms with Crippen molar-refractivity contribution < 1.29 is 9.50 Å². The van der Waals surface area contributed by atoms with E-state index in [0.717, 1.165) is 6.20 Å². The van der Waals surface area contributed by atoms with Crippen LogP contribution in [0.25, 0.3) is 0 Å². The summed E-state index contributed by atoms with van der Waals surface area (Å²) in [5, 5.41) is 10.8. The van der Waals surface area contributed by atoms with E-state index < -0.39 is 12.1 Å². The van der Waals surface area contributed by atoms with Crippen LogP contribution in [-0.4, -0.2) is 17.7 Å².